The van der Waals surface area contributed by atoms with Gasteiger partial charge in [0.2, 0.25) is 10.0 Å². The highest BCUT2D eigenvalue weighted by molar-refractivity contribution is 7.99. The van der Waals surface area contributed by atoms with Crippen LogP contribution < -0.4 is 9.88 Å². The summed E-state index contributed by atoms with van der Waals surface area (Å²) in [7, 11) is -3.70. The van der Waals surface area contributed by atoms with E-state index in [4.69, 9.17) is 21.5 Å². The molecular formula is C17H17ClN4O3S2. The van der Waals surface area contributed by atoms with E-state index in [0.717, 1.165) is 16.4 Å². The molecule has 3 aromatic rings. The first-order valence-electron chi connectivity index (χ1n) is 7.89. The van der Waals surface area contributed by atoms with Crippen molar-refractivity contribution in [1.29, 1.82) is 0 Å². The number of ether oxygens (including phenoxy) is 1. The van der Waals surface area contributed by atoms with Gasteiger partial charge in [-0.1, -0.05) is 29.4 Å². The van der Waals surface area contributed by atoms with E-state index in [1.165, 1.54) is 23.9 Å². The minimum absolute atomic E-state index is 0.0501. The number of aromatic nitrogens is 3. The second-order valence-electron chi connectivity index (χ2n) is 5.63. The summed E-state index contributed by atoms with van der Waals surface area (Å²) in [5, 5.41) is 14.6. The summed E-state index contributed by atoms with van der Waals surface area (Å²) < 4.78 is 29.9. The maximum Gasteiger partial charge on any atom is 0.238 e. The molecule has 0 atom stereocenters. The Morgan fingerprint density at radius 3 is 2.63 bits per heavy atom. The molecule has 0 fully saturated rings. The molecule has 3 rings (SSSR count). The molecule has 10 heteroatoms. The van der Waals surface area contributed by atoms with E-state index in [2.05, 4.69) is 10.2 Å². The van der Waals surface area contributed by atoms with Crippen LogP contribution in [0.4, 0.5) is 0 Å². The first-order chi connectivity index (χ1) is 12.8. The molecule has 0 spiro atoms. The molecule has 1 aromatic heterocycles. The molecule has 142 valence electrons. The third-order valence-corrected chi connectivity index (χ3v) is 5.93. The summed E-state index contributed by atoms with van der Waals surface area (Å²) in [6.45, 7) is 2.36. The molecule has 7 nitrogen and oxygen atoms in total. The zero-order chi connectivity index (χ0) is 19.4. The fourth-order valence-corrected chi connectivity index (χ4v) is 3.69. The molecule has 0 aliphatic rings. The number of hydrogen-bond acceptors (Lipinski definition) is 6. The van der Waals surface area contributed by atoms with Gasteiger partial charge in [0.1, 0.15) is 12.1 Å². The van der Waals surface area contributed by atoms with Gasteiger partial charge in [0.15, 0.2) is 5.16 Å². The number of sulfonamides is 1. The van der Waals surface area contributed by atoms with Crippen LogP contribution in [0.1, 0.15) is 5.56 Å². The van der Waals surface area contributed by atoms with E-state index < -0.39 is 10.0 Å². The lowest BCUT2D eigenvalue weighted by atomic mass is 10.2. The van der Waals surface area contributed by atoms with Gasteiger partial charge in [0, 0.05) is 10.8 Å². The van der Waals surface area contributed by atoms with Crippen molar-refractivity contribution in [2.75, 3.05) is 12.4 Å². The molecule has 0 radical (unpaired) electrons. The van der Waals surface area contributed by atoms with E-state index in [-0.39, 0.29) is 4.90 Å². The second kappa shape index (κ2) is 8.30. The SMILES string of the molecule is Cc1ccc(-n2cnnc2SCCOc2ccc(S(N)(=O)=O)cc2)cc1Cl. The molecule has 27 heavy (non-hydrogen) atoms. The van der Waals surface area contributed by atoms with E-state index in [1.807, 2.05) is 29.7 Å². The lowest BCUT2D eigenvalue weighted by Crippen LogP contribution is -2.11. The fourth-order valence-electron chi connectivity index (χ4n) is 2.25. The monoisotopic (exact) mass is 424 g/mol. The Morgan fingerprint density at radius 1 is 1.22 bits per heavy atom. The second-order valence-corrected chi connectivity index (χ2v) is 8.66. The number of nitrogens with zero attached hydrogens (tertiary/aromatic N) is 3. The van der Waals surface area contributed by atoms with Crippen molar-refractivity contribution >= 4 is 33.4 Å². The number of hydrogen-bond donors (Lipinski definition) is 1. The third-order valence-electron chi connectivity index (χ3n) is 3.69. The van der Waals surface area contributed by atoms with Crippen molar-refractivity contribution in [3.05, 3.63) is 59.4 Å². The minimum Gasteiger partial charge on any atom is -0.493 e. The summed E-state index contributed by atoms with van der Waals surface area (Å²) in [6.07, 6.45) is 1.64. The van der Waals surface area contributed by atoms with Crippen LogP contribution in [0.15, 0.2) is 58.8 Å². The summed E-state index contributed by atoms with van der Waals surface area (Å²) in [5.41, 5.74) is 1.89. The van der Waals surface area contributed by atoms with Gasteiger partial charge in [-0.15, -0.1) is 10.2 Å². The molecule has 2 N–H and O–H groups in total. The smallest absolute Gasteiger partial charge is 0.238 e. The molecule has 0 amide bonds. The van der Waals surface area contributed by atoms with Gasteiger partial charge in [0.25, 0.3) is 0 Å². The van der Waals surface area contributed by atoms with Crippen molar-refractivity contribution in [2.45, 2.75) is 17.0 Å². The number of rotatable bonds is 7. The van der Waals surface area contributed by atoms with Crippen LogP contribution >= 0.6 is 23.4 Å². The van der Waals surface area contributed by atoms with Crippen molar-refractivity contribution in [3.8, 4) is 11.4 Å². The number of aryl methyl sites for hydroxylation is 1. The van der Waals surface area contributed by atoms with Crippen LogP contribution in [-0.4, -0.2) is 35.5 Å². The molecule has 2 aromatic carbocycles. The Kier molecular flexibility index (Phi) is 6.05. The molecule has 0 saturated carbocycles. The maximum absolute atomic E-state index is 11.2. The Morgan fingerprint density at radius 2 is 1.96 bits per heavy atom. The topological polar surface area (TPSA) is 100 Å². The number of thioether (sulfide) groups is 1. The summed E-state index contributed by atoms with van der Waals surface area (Å²) >= 11 is 7.68. The van der Waals surface area contributed by atoms with Crippen LogP contribution in [0.25, 0.3) is 5.69 Å². The molecular weight excluding hydrogens is 408 g/mol. The maximum atomic E-state index is 11.2. The molecule has 1 heterocycles. The summed E-state index contributed by atoms with van der Waals surface area (Å²) in [5.74, 6) is 1.20. The lowest BCUT2D eigenvalue weighted by molar-refractivity contribution is 0.343. The first kappa shape index (κ1) is 19.7. The highest BCUT2D eigenvalue weighted by atomic mass is 35.5. The van der Waals surface area contributed by atoms with E-state index in [9.17, 15) is 8.42 Å². The van der Waals surface area contributed by atoms with Gasteiger partial charge in [-0.05, 0) is 48.9 Å². The predicted octanol–water partition coefficient (Wildman–Crippen LogP) is 3.05. The first-order valence-corrected chi connectivity index (χ1v) is 10.8. The van der Waals surface area contributed by atoms with E-state index in [0.29, 0.717) is 23.1 Å². The summed E-state index contributed by atoms with van der Waals surface area (Å²) in [6, 6.07) is 11.7. The fraction of sp³-hybridized carbons (Fsp3) is 0.176. The highest BCUT2D eigenvalue weighted by Crippen LogP contribution is 2.24. The Balaban J connectivity index is 1.57. The Hall–Kier alpha value is -2.07. The van der Waals surface area contributed by atoms with Gasteiger partial charge >= 0.3 is 0 Å². The van der Waals surface area contributed by atoms with Crippen LogP contribution in [0.2, 0.25) is 5.02 Å². The van der Waals surface area contributed by atoms with Crippen LogP contribution in [-0.2, 0) is 10.0 Å². The van der Waals surface area contributed by atoms with Crippen molar-refractivity contribution in [2.24, 2.45) is 5.14 Å². The zero-order valence-electron chi connectivity index (χ0n) is 14.4. The molecule has 0 aliphatic carbocycles. The van der Waals surface area contributed by atoms with Crippen LogP contribution in [0.3, 0.4) is 0 Å². The average Bonchev–Trinajstić information content (AvgIpc) is 3.09. The largest absolute Gasteiger partial charge is 0.493 e. The number of nitrogens with two attached hydrogens (primary N) is 1. The molecule has 0 aliphatic heterocycles. The van der Waals surface area contributed by atoms with Gasteiger partial charge in [-0.3, -0.25) is 4.57 Å². The van der Waals surface area contributed by atoms with Crippen molar-refractivity contribution < 1.29 is 13.2 Å². The lowest BCUT2D eigenvalue weighted by Gasteiger charge is -2.09. The quantitative estimate of drug-likeness (QED) is 0.462. The highest BCUT2D eigenvalue weighted by Gasteiger charge is 2.09. The molecule has 0 bridgehead atoms. The normalized spacial score (nSPS) is 11.5. The van der Waals surface area contributed by atoms with Crippen molar-refractivity contribution in [1.82, 2.24) is 14.8 Å². The molecule has 0 saturated heterocycles. The van der Waals surface area contributed by atoms with Gasteiger partial charge < -0.3 is 4.74 Å². The third kappa shape index (κ3) is 5.01. The minimum atomic E-state index is -3.70. The Bertz CT molecular complexity index is 1040. The molecule has 0 unspecified atom stereocenters. The van der Waals surface area contributed by atoms with Crippen LogP contribution in [0.5, 0.6) is 5.75 Å². The van der Waals surface area contributed by atoms with E-state index >= 15 is 0 Å². The van der Waals surface area contributed by atoms with E-state index in [1.54, 1.807) is 18.5 Å². The zero-order valence-corrected chi connectivity index (χ0v) is 16.8. The van der Waals surface area contributed by atoms with Crippen molar-refractivity contribution in [3.63, 3.8) is 0 Å². The number of primary sulfonamides is 1. The van der Waals surface area contributed by atoms with Gasteiger partial charge in [0.05, 0.1) is 17.2 Å². The standard InChI is InChI=1S/C17H17ClN4O3S2/c1-12-2-3-13(10-16(12)18)22-11-20-21-17(22)26-9-8-25-14-4-6-15(7-5-14)27(19,23)24/h2-7,10-11H,8-9H2,1H3,(H2,19,23,24). The summed E-state index contributed by atoms with van der Waals surface area (Å²) in [4.78, 5) is 0.0501. The van der Waals surface area contributed by atoms with Crippen LogP contribution in [0, 0.1) is 6.92 Å². The number of benzene rings is 2. The average molecular weight is 425 g/mol. The van der Waals surface area contributed by atoms with Gasteiger partial charge in [-0.2, -0.15) is 0 Å². The predicted molar refractivity (Wildman–Crippen MR) is 105 cm³/mol. The van der Waals surface area contributed by atoms with Gasteiger partial charge in [-0.25, -0.2) is 13.6 Å². The number of halogens is 1. The Labute approximate surface area is 166 Å².